The third-order valence-corrected chi connectivity index (χ3v) is 3.51. The van der Waals surface area contributed by atoms with Gasteiger partial charge in [0.2, 0.25) is 0 Å². The van der Waals surface area contributed by atoms with E-state index in [1.54, 1.807) is 0 Å². The smallest absolute Gasteiger partial charge is 0.125 e. The largest absolute Gasteiger partial charge is 0.384 e. The number of rotatable bonds is 5. The van der Waals surface area contributed by atoms with E-state index in [-0.39, 0.29) is 5.84 Å². The van der Waals surface area contributed by atoms with Crippen molar-refractivity contribution in [1.29, 1.82) is 5.41 Å². The van der Waals surface area contributed by atoms with Gasteiger partial charge in [0.15, 0.2) is 0 Å². The summed E-state index contributed by atoms with van der Waals surface area (Å²) in [6.07, 6.45) is 0. The number of hydrogen-bond donors (Lipinski definition) is 3. The zero-order chi connectivity index (χ0) is 18.8. The Morgan fingerprint density at radius 1 is 0.960 bits per heavy atom. The number of benzene rings is 2. The first kappa shape index (κ1) is 20.4. The number of likely N-dealkylation sites (N-methyl/N-ethyl adjacent to an activating group) is 1. The Morgan fingerprint density at radius 3 is 2.08 bits per heavy atom. The molecule has 0 atom stereocenters. The lowest BCUT2D eigenvalue weighted by Gasteiger charge is -2.07. The lowest BCUT2D eigenvalue weighted by molar-refractivity contribution is 0.420. The average molecular weight is 339 g/mol. The van der Waals surface area contributed by atoms with E-state index < -0.39 is 0 Å². The van der Waals surface area contributed by atoms with Crippen LogP contribution in [-0.4, -0.2) is 43.8 Å². The van der Waals surface area contributed by atoms with Crippen LogP contribution < -0.4 is 11.5 Å². The van der Waals surface area contributed by atoms with Gasteiger partial charge >= 0.3 is 0 Å². The number of hydrogen-bond acceptors (Lipinski definition) is 3. The fraction of sp³-hybridized carbons (Fsp3) is 0.300. The molecule has 0 saturated carbocycles. The van der Waals surface area contributed by atoms with Gasteiger partial charge in [-0.25, -0.2) is 0 Å². The van der Waals surface area contributed by atoms with Crippen LogP contribution in [0.25, 0.3) is 0 Å². The van der Waals surface area contributed by atoms with Crippen molar-refractivity contribution < 1.29 is 0 Å². The fourth-order valence-corrected chi connectivity index (χ4v) is 2.00. The Hall–Kier alpha value is -2.66. The zero-order valence-electron chi connectivity index (χ0n) is 15.6. The fourth-order valence-electron chi connectivity index (χ4n) is 2.00. The molecule has 0 spiro atoms. The van der Waals surface area contributed by atoms with Crippen LogP contribution >= 0.6 is 0 Å². The number of aliphatic imine (C=N–C) groups is 1. The minimum absolute atomic E-state index is 0.128. The SMILES string of the molecule is Cc1ccc(C(N)=NCCN(C)C)cc1.Cc1cccc(C(=N)N)c1. The third-order valence-electron chi connectivity index (χ3n) is 3.51. The molecule has 0 amide bonds. The quantitative estimate of drug-likeness (QED) is 0.577. The van der Waals surface area contributed by atoms with Gasteiger partial charge in [-0.15, -0.1) is 0 Å². The van der Waals surface area contributed by atoms with Gasteiger partial charge in [0.05, 0.1) is 6.54 Å². The molecule has 2 rings (SSSR count). The van der Waals surface area contributed by atoms with E-state index in [1.165, 1.54) is 5.56 Å². The second-order valence-electron chi connectivity index (χ2n) is 6.22. The molecule has 0 unspecified atom stereocenters. The first-order chi connectivity index (χ1) is 11.8. The monoisotopic (exact) mass is 339 g/mol. The molecule has 0 fully saturated rings. The number of nitrogens with two attached hydrogens (primary N) is 2. The highest BCUT2D eigenvalue weighted by Crippen LogP contribution is 2.03. The molecule has 2 aromatic rings. The van der Waals surface area contributed by atoms with Crippen molar-refractivity contribution in [3.05, 3.63) is 70.8 Å². The summed E-state index contributed by atoms with van der Waals surface area (Å²) >= 11 is 0. The predicted octanol–water partition coefficient (Wildman–Crippen LogP) is 2.54. The Labute approximate surface area is 150 Å². The summed E-state index contributed by atoms with van der Waals surface area (Å²) in [5, 5.41) is 7.11. The molecular weight excluding hydrogens is 310 g/mol. The van der Waals surface area contributed by atoms with Crippen LogP contribution in [0, 0.1) is 19.3 Å². The minimum Gasteiger partial charge on any atom is -0.384 e. The van der Waals surface area contributed by atoms with Gasteiger partial charge in [-0.3, -0.25) is 10.4 Å². The van der Waals surface area contributed by atoms with Crippen molar-refractivity contribution in [3.8, 4) is 0 Å². The van der Waals surface area contributed by atoms with Gasteiger partial charge in [-0.1, -0.05) is 53.6 Å². The van der Waals surface area contributed by atoms with Gasteiger partial charge in [-0.2, -0.15) is 0 Å². The summed E-state index contributed by atoms with van der Waals surface area (Å²) in [5.74, 6) is 0.751. The number of nitrogens with zero attached hydrogens (tertiary/aromatic N) is 2. The number of aryl methyl sites for hydroxylation is 2. The normalized spacial score (nSPS) is 11.0. The Bertz CT molecular complexity index is 702. The zero-order valence-corrected chi connectivity index (χ0v) is 15.6. The molecule has 5 heteroatoms. The van der Waals surface area contributed by atoms with Crippen LogP contribution in [0.3, 0.4) is 0 Å². The number of nitrogen functional groups attached to an aromatic ring is 1. The van der Waals surface area contributed by atoms with Gasteiger partial charge in [-0.05, 0) is 34.0 Å². The van der Waals surface area contributed by atoms with E-state index in [1.807, 2.05) is 69.6 Å². The molecule has 0 radical (unpaired) electrons. The van der Waals surface area contributed by atoms with Crippen LogP contribution in [0.1, 0.15) is 22.3 Å². The van der Waals surface area contributed by atoms with Crippen molar-refractivity contribution >= 4 is 11.7 Å². The highest BCUT2D eigenvalue weighted by Gasteiger charge is 1.97. The molecule has 134 valence electrons. The molecule has 0 saturated heterocycles. The maximum atomic E-state index is 7.11. The van der Waals surface area contributed by atoms with Gasteiger partial charge in [0.1, 0.15) is 11.7 Å². The molecule has 0 bridgehead atoms. The Kier molecular flexibility index (Phi) is 8.36. The highest BCUT2D eigenvalue weighted by molar-refractivity contribution is 5.97. The van der Waals surface area contributed by atoms with Gasteiger partial charge < -0.3 is 16.4 Å². The van der Waals surface area contributed by atoms with Crippen LogP contribution in [-0.2, 0) is 0 Å². The summed E-state index contributed by atoms with van der Waals surface area (Å²) in [5.41, 5.74) is 15.3. The van der Waals surface area contributed by atoms with E-state index in [0.717, 1.165) is 29.8 Å². The van der Waals surface area contributed by atoms with Crippen molar-refractivity contribution in [2.75, 3.05) is 27.2 Å². The highest BCUT2D eigenvalue weighted by atomic mass is 15.1. The molecule has 0 heterocycles. The van der Waals surface area contributed by atoms with Gasteiger partial charge in [0, 0.05) is 17.7 Å². The van der Waals surface area contributed by atoms with E-state index in [0.29, 0.717) is 5.84 Å². The Morgan fingerprint density at radius 2 is 1.60 bits per heavy atom. The maximum Gasteiger partial charge on any atom is 0.125 e. The lowest BCUT2D eigenvalue weighted by Crippen LogP contribution is -2.19. The minimum atomic E-state index is 0.128. The van der Waals surface area contributed by atoms with Crippen molar-refractivity contribution in [2.24, 2.45) is 16.5 Å². The number of nitrogens with one attached hydrogen (secondary N) is 1. The molecule has 0 aliphatic rings. The molecule has 0 aliphatic heterocycles. The summed E-state index contributed by atoms with van der Waals surface area (Å²) < 4.78 is 0. The standard InChI is InChI=1S/C12H19N3.C8H10N2/c1-10-4-6-11(7-5-10)12(13)14-8-9-15(2)3;1-6-3-2-4-7(5-6)8(9)10/h4-7H,8-9H2,1-3H3,(H2,13,14);2-5H,1H3,(H3,9,10). The predicted molar refractivity (Wildman–Crippen MR) is 108 cm³/mol. The second kappa shape index (κ2) is 10.3. The van der Waals surface area contributed by atoms with Gasteiger partial charge in [0.25, 0.3) is 0 Å². The van der Waals surface area contributed by atoms with Crippen molar-refractivity contribution in [2.45, 2.75) is 13.8 Å². The van der Waals surface area contributed by atoms with Crippen LogP contribution in [0.4, 0.5) is 0 Å². The third kappa shape index (κ3) is 8.13. The molecular formula is C20H29N5. The van der Waals surface area contributed by atoms with Crippen molar-refractivity contribution in [3.63, 3.8) is 0 Å². The summed E-state index contributed by atoms with van der Waals surface area (Å²) in [6.45, 7) is 5.70. The average Bonchev–Trinajstić information content (AvgIpc) is 2.55. The van der Waals surface area contributed by atoms with E-state index in [4.69, 9.17) is 16.9 Å². The van der Waals surface area contributed by atoms with Crippen LogP contribution in [0.5, 0.6) is 0 Å². The van der Waals surface area contributed by atoms with E-state index >= 15 is 0 Å². The van der Waals surface area contributed by atoms with Crippen LogP contribution in [0.2, 0.25) is 0 Å². The summed E-state index contributed by atoms with van der Waals surface area (Å²) in [4.78, 5) is 6.41. The van der Waals surface area contributed by atoms with E-state index in [9.17, 15) is 0 Å². The summed E-state index contributed by atoms with van der Waals surface area (Å²) in [7, 11) is 4.05. The maximum absolute atomic E-state index is 7.11. The van der Waals surface area contributed by atoms with Crippen LogP contribution in [0.15, 0.2) is 53.5 Å². The molecule has 2 aromatic carbocycles. The van der Waals surface area contributed by atoms with Crippen molar-refractivity contribution in [1.82, 2.24) is 4.90 Å². The number of amidine groups is 2. The summed E-state index contributed by atoms with van der Waals surface area (Å²) in [6, 6.07) is 15.7. The first-order valence-corrected chi connectivity index (χ1v) is 8.22. The Balaban J connectivity index is 0.000000271. The molecule has 25 heavy (non-hydrogen) atoms. The topological polar surface area (TPSA) is 91.5 Å². The van der Waals surface area contributed by atoms with E-state index in [2.05, 4.69) is 16.8 Å². The molecule has 5 nitrogen and oxygen atoms in total. The molecule has 0 aliphatic carbocycles. The lowest BCUT2D eigenvalue weighted by atomic mass is 10.1. The molecule has 0 aromatic heterocycles. The first-order valence-electron chi connectivity index (χ1n) is 8.22. The second-order valence-corrected chi connectivity index (χ2v) is 6.22. The molecule has 5 N–H and O–H groups in total.